The number of furan rings is 1. The fraction of sp³-hybridized carbons (Fsp3) is 0. The van der Waals surface area contributed by atoms with Crippen molar-refractivity contribution >= 4 is 87.4 Å². The average Bonchev–Trinajstić information content (AvgIpc) is 4.11. The highest BCUT2D eigenvalue weighted by atomic mass is 16.3. The molecule has 64 heavy (non-hydrogen) atoms. The first-order chi connectivity index (χ1) is 31.8. The van der Waals surface area contributed by atoms with Crippen molar-refractivity contribution in [3.63, 3.8) is 0 Å². The normalized spacial score (nSPS) is 12.1. The van der Waals surface area contributed by atoms with Crippen molar-refractivity contribution in [2.75, 3.05) is 0 Å². The number of aromatic nitrogens is 3. The van der Waals surface area contributed by atoms with Crippen molar-refractivity contribution in [3.8, 4) is 39.3 Å². The van der Waals surface area contributed by atoms with Gasteiger partial charge >= 0.3 is 0 Å². The second kappa shape index (κ2) is 13.4. The number of hydrogen-bond donors (Lipinski definition) is 0. The predicted molar refractivity (Wildman–Crippen MR) is 268 cm³/mol. The van der Waals surface area contributed by atoms with Gasteiger partial charge in [0.25, 0.3) is 0 Å². The van der Waals surface area contributed by atoms with Gasteiger partial charge in [-0.15, -0.1) is 0 Å². The highest BCUT2D eigenvalue weighted by Crippen LogP contribution is 2.46. The van der Waals surface area contributed by atoms with Crippen molar-refractivity contribution in [2.45, 2.75) is 0 Å². The van der Waals surface area contributed by atoms with Crippen LogP contribution in [0.3, 0.4) is 0 Å². The average molecular weight is 816 g/mol. The molecule has 10 aromatic carbocycles. The van der Waals surface area contributed by atoms with Gasteiger partial charge in [-0.05, 0) is 83.9 Å². The highest BCUT2D eigenvalue weighted by molar-refractivity contribution is 6.29. The topological polar surface area (TPSA) is 27.9 Å². The lowest BCUT2D eigenvalue weighted by Gasteiger charge is -2.15. The summed E-state index contributed by atoms with van der Waals surface area (Å²) in [6.45, 7) is 0. The van der Waals surface area contributed by atoms with Gasteiger partial charge in [0.1, 0.15) is 11.2 Å². The summed E-state index contributed by atoms with van der Waals surface area (Å²) in [5.74, 6) is 0. The first kappa shape index (κ1) is 35.0. The zero-order chi connectivity index (χ0) is 41.9. The van der Waals surface area contributed by atoms with Crippen LogP contribution < -0.4 is 0 Å². The summed E-state index contributed by atoms with van der Waals surface area (Å²) >= 11 is 0. The molecular formula is C60H37N3O. The minimum atomic E-state index is 0.874. The van der Waals surface area contributed by atoms with Gasteiger partial charge in [0.15, 0.2) is 0 Å². The molecule has 0 bridgehead atoms. The van der Waals surface area contributed by atoms with E-state index in [-0.39, 0.29) is 0 Å². The van der Waals surface area contributed by atoms with Crippen LogP contribution in [0.25, 0.3) is 127 Å². The maximum Gasteiger partial charge on any atom is 0.143 e. The molecule has 0 spiro atoms. The quantitative estimate of drug-likeness (QED) is 0.170. The van der Waals surface area contributed by atoms with Gasteiger partial charge in [0.2, 0.25) is 0 Å². The van der Waals surface area contributed by atoms with Crippen LogP contribution in [0, 0.1) is 0 Å². The van der Waals surface area contributed by atoms with E-state index in [1.807, 2.05) is 0 Å². The van der Waals surface area contributed by atoms with Gasteiger partial charge < -0.3 is 18.1 Å². The summed E-state index contributed by atoms with van der Waals surface area (Å²) in [7, 11) is 0. The van der Waals surface area contributed by atoms with E-state index in [0.717, 1.165) is 61.2 Å². The lowest BCUT2D eigenvalue weighted by Crippen LogP contribution is -1.97. The Kier molecular flexibility index (Phi) is 7.36. The largest absolute Gasteiger partial charge is 0.455 e. The predicted octanol–water partition coefficient (Wildman–Crippen LogP) is 16.2. The van der Waals surface area contributed by atoms with Gasteiger partial charge in [-0.3, -0.25) is 0 Å². The summed E-state index contributed by atoms with van der Waals surface area (Å²) in [5, 5.41) is 9.62. The van der Waals surface area contributed by atoms with E-state index in [9.17, 15) is 0 Å². The summed E-state index contributed by atoms with van der Waals surface area (Å²) in [4.78, 5) is 0. The third kappa shape index (κ3) is 4.88. The summed E-state index contributed by atoms with van der Waals surface area (Å²) in [5.41, 5.74) is 16.8. The van der Waals surface area contributed by atoms with Crippen molar-refractivity contribution < 1.29 is 4.42 Å². The first-order valence-electron chi connectivity index (χ1n) is 21.9. The van der Waals surface area contributed by atoms with E-state index < -0.39 is 0 Å². The maximum absolute atomic E-state index is 6.78. The molecule has 0 aliphatic heterocycles. The molecule has 298 valence electrons. The van der Waals surface area contributed by atoms with Crippen molar-refractivity contribution in [1.29, 1.82) is 0 Å². The molecule has 0 saturated carbocycles. The molecule has 0 radical (unpaired) electrons. The summed E-state index contributed by atoms with van der Waals surface area (Å²) in [6, 6.07) is 81.3. The monoisotopic (exact) mass is 815 g/mol. The SMILES string of the molecule is c1ccc(-c2cccc3c2oc2cccc(-n4c5ccccc5c5c6c7ccccc7n(-c7ccccc7-c7ccc8c(c7)c7ccccc7n8-c7ccccc7)c6ccc54)c23)cc1. The van der Waals surface area contributed by atoms with Crippen molar-refractivity contribution in [2.24, 2.45) is 0 Å². The zero-order valence-corrected chi connectivity index (χ0v) is 34.6. The Morgan fingerprint density at radius 1 is 0.281 bits per heavy atom. The van der Waals surface area contributed by atoms with Crippen molar-refractivity contribution in [1.82, 2.24) is 13.7 Å². The number of nitrogens with zero attached hydrogens (tertiary/aromatic N) is 3. The smallest absolute Gasteiger partial charge is 0.143 e. The molecule has 0 atom stereocenters. The Balaban J connectivity index is 1.02. The number of rotatable bonds is 5. The Labute approximate surface area is 367 Å². The lowest BCUT2D eigenvalue weighted by atomic mass is 10.0. The van der Waals surface area contributed by atoms with Crippen LogP contribution >= 0.6 is 0 Å². The van der Waals surface area contributed by atoms with E-state index in [1.165, 1.54) is 65.5 Å². The zero-order valence-electron chi connectivity index (χ0n) is 34.6. The fourth-order valence-electron chi connectivity index (χ4n) is 10.8. The number of fused-ring (bicyclic) bond motifs is 13. The third-order valence-electron chi connectivity index (χ3n) is 13.4. The minimum Gasteiger partial charge on any atom is -0.455 e. The van der Waals surface area contributed by atoms with E-state index in [0.29, 0.717) is 0 Å². The highest BCUT2D eigenvalue weighted by Gasteiger charge is 2.24. The molecule has 14 aromatic rings. The van der Waals surface area contributed by atoms with Crippen LogP contribution in [0.15, 0.2) is 229 Å². The molecule has 4 nitrogen and oxygen atoms in total. The van der Waals surface area contributed by atoms with Crippen LogP contribution in [-0.4, -0.2) is 13.7 Å². The van der Waals surface area contributed by atoms with Crippen LogP contribution in [0.1, 0.15) is 0 Å². The molecule has 4 heteroatoms. The lowest BCUT2D eigenvalue weighted by molar-refractivity contribution is 0.670. The third-order valence-corrected chi connectivity index (χ3v) is 13.4. The van der Waals surface area contributed by atoms with E-state index in [4.69, 9.17) is 4.42 Å². The Hall–Kier alpha value is -8.60. The summed E-state index contributed by atoms with van der Waals surface area (Å²) in [6.07, 6.45) is 0. The standard InChI is InChI=1S/C60H37N3O/c1-3-17-38(18-4-1)42-25-15-26-46-57-53(31-16-32-56(57)64-60(42)46)63-51-30-14-10-24-45(51)59-55(63)36-35-54-58(59)44-23-9-13-29-50(44)62(54)48-27-11-7-21-41(48)39-33-34-52-47(37-39)43-22-8-12-28-49(43)61(52)40-19-5-2-6-20-40/h1-37H. The van der Waals surface area contributed by atoms with Crippen LogP contribution in [0.5, 0.6) is 0 Å². The van der Waals surface area contributed by atoms with Gasteiger partial charge in [-0.1, -0.05) is 152 Å². The number of hydrogen-bond acceptors (Lipinski definition) is 1. The molecule has 4 heterocycles. The van der Waals surface area contributed by atoms with Gasteiger partial charge in [0, 0.05) is 54.5 Å². The number of benzene rings is 10. The molecule has 0 N–H and O–H groups in total. The number of para-hydroxylation sites is 6. The molecule has 0 aliphatic carbocycles. The van der Waals surface area contributed by atoms with Crippen molar-refractivity contribution in [3.05, 3.63) is 224 Å². The molecule has 0 amide bonds. The fourth-order valence-corrected chi connectivity index (χ4v) is 10.8. The maximum atomic E-state index is 6.78. The molecular weight excluding hydrogens is 779 g/mol. The minimum absolute atomic E-state index is 0.874. The van der Waals surface area contributed by atoms with Crippen LogP contribution in [0.4, 0.5) is 0 Å². The van der Waals surface area contributed by atoms with E-state index in [1.54, 1.807) is 0 Å². The Morgan fingerprint density at radius 2 is 0.797 bits per heavy atom. The molecule has 4 aromatic heterocycles. The van der Waals surface area contributed by atoms with Crippen LogP contribution in [-0.2, 0) is 0 Å². The van der Waals surface area contributed by atoms with E-state index >= 15 is 0 Å². The Bertz CT molecular complexity index is 4180. The molecule has 0 saturated heterocycles. The second-order valence-corrected chi connectivity index (χ2v) is 16.8. The molecule has 0 fully saturated rings. The van der Waals surface area contributed by atoms with Gasteiger partial charge in [-0.2, -0.15) is 0 Å². The van der Waals surface area contributed by atoms with Crippen LogP contribution in [0.2, 0.25) is 0 Å². The molecule has 0 aliphatic rings. The second-order valence-electron chi connectivity index (χ2n) is 16.8. The molecule has 14 rings (SSSR count). The summed E-state index contributed by atoms with van der Waals surface area (Å²) < 4.78 is 14.1. The Morgan fingerprint density at radius 3 is 1.53 bits per heavy atom. The molecule has 0 unspecified atom stereocenters. The first-order valence-corrected chi connectivity index (χ1v) is 21.9. The van der Waals surface area contributed by atoms with Gasteiger partial charge in [-0.25, -0.2) is 0 Å². The van der Waals surface area contributed by atoms with Gasteiger partial charge in [0.05, 0.1) is 49.9 Å². The van der Waals surface area contributed by atoms with E-state index in [2.05, 4.69) is 238 Å².